The number of hydrogen-bond acceptors (Lipinski definition) is 4. The minimum absolute atomic E-state index is 0.0211. The van der Waals surface area contributed by atoms with E-state index in [9.17, 15) is 6.17 Å². The highest BCUT2D eigenvalue weighted by molar-refractivity contribution is 5.89. The van der Waals surface area contributed by atoms with Crippen LogP contribution in [0.2, 0.25) is 0 Å². The van der Waals surface area contributed by atoms with Crippen LogP contribution >= 0.6 is 0 Å². The molecule has 1 saturated heterocycles. The van der Waals surface area contributed by atoms with Crippen LogP contribution in [0.5, 0.6) is 11.5 Å². The molecule has 0 amide bonds. The van der Waals surface area contributed by atoms with Gasteiger partial charge in [-0.15, -0.1) is 0 Å². The maximum Gasteiger partial charge on any atom is 0.174 e. The van der Waals surface area contributed by atoms with Crippen molar-refractivity contribution in [2.45, 2.75) is 43.2 Å². The van der Waals surface area contributed by atoms with E-state index in [4.69, 9.17) is 16.3 Å². The number of nitrogens with zero attached hydrogens (tertiary/aromatic N) is 1. The van der Waals surface area contributed by atoms with Crippen molar-refractivity contribution >= 4 is 5.78 Å². The van der Waals surface area contributed by atoms with Crippen molar-refractivity contribution in [3.63, 3.8) is 0 Å². The first kappa shape index (κ1) is 8.34. The first-order valence-electron chi connectivity index (χ1n) is 10.6. The number of methoxy groups -OCH3 is 1. The summed E-state index contributed by atoms with van der Waals surface area (Å²) in [5, 5.41) is 0. The molecule has 4 atom stereocenters. The minimum atomic E-state index is -2.37. The van der Waals surface area contributed by atoms with E-state index in [2.05, 4.69) is 0 Å². The fourth-order valence-electron chi connectivity index (χ4n) is 4.64. The zero-order valence-electron chi connectivity index (χ0n) is 18.6. The maximum atomic E-state index is 13.2. The van der Waals surface area contributed by atoms with E-state index >= 15 is 0 Å². The predicted molar refractivity (Wildman–Crippen MR) is 81.6 cm³/mol. The second-order valence-electron chi connectivity index (χ2n) is 6.46. The van der Waals surface area contributed by atoms with Crippen molar-refractivity contribution in [3.05, 3.63) is 23.2 Å². The normalized spacial score (nSPS) is 51.4. The quantitative estimate of drug-likeness (QED) is 0.795. The number of Topliss-reactive ketones (excluding diaryl/α,β-unsaturated/α-hetero) is 1. The Morgan fingerprint density at radius 1 is 1.59 bits per heavy atom. The van der Waals surface area contributed by atoms with E-state index in [-0.39, 0.29) is 42.8 Å². The number of ketones is 1. The second-order valence-corrected chi connectivity index (χ2v) is 6.46. The van der Waals surface area contributed by atoms with Gasteiger partial charge in [0, 0.05) is 27.5 Å². The van der Waals surface area contributed by atoms with Crippen LogP contribution in [0.1, 0.15) is 38.6 Å². The molecule has 116 valence electrons. The molecule has 5 rings (SSSR count). The molecule has 2 aliphatic carbocycles. The molecule has 0 aromatic heterocycles. The predicted octanol–water partition coefficient (Wildman–Crippen LogP) is 1.93. The van der Waals surface area contributed by atoms with Crippen LogP contribution in [-0.4, -0.2) is 43.5 Å². The number of rotatable bonds is 1. The monoisotopic (exact) mass is 305 g/mol. The van der Waals surface area contributed by atoms with Gasteiger partial charge in [0.2, 0.25) is 0 Å². The Morgan fingerprint density at radius 2 is 2.45 bits per heavy atom. The number of ether oxygens (including phenoxy) is 2. The van der Waals surface area contributed by atoms with E-state index < -0.39 is 35.6 Å². The Balaban J connectivity index is 1.95. The smallest absolute Gasteiger partial charge is 0.174 e. The van der Waals surface area contributed by atoms with Gasteiger partial charge in [-0.3, -0.25) is 4.79 Å². The van der Waals surface area contributed by atoms with Gasteiger partial charge in [0.1, 0.15) is 0 Å². The zero-order valence-corrected chi connectivity index (χ0v) is 12.6. The average molecular weight is 305 g/mol. The first-order valence-corrected chi connectivity index (χ1v) is 7.61. The zero-order chi connectivity index (χ0) is 20.4. The van der Waals surface area contributed by atoms with Crippen molar-refractivity contribution in [2.24, 2.45) is 5.89 Å². The Morgan fingerprint density at radius 3 is 3.27 bits per heavy atom. The van der Waals surface area contributed by atoms with Gasteiger partial charge < -0.3 is 14.4 Å². The van der Waals surface area contributed by atoms with Gasteiger partial charge in [-0.25, -0.2) is 0 Å². The van der Waals surface area contributed by atoms with Crippen molar-refractivity contribution < 1.29 is 22.5 Å². The molecule has 2 aliphatic heterocycles. The minimum Gasteiger partial charge on any atom is -0.493 e. The van der Waals surface area contributed by atoms with E-state index in [1.165, 1.54) is 7.11 Å². The highest BCUT2D eigenvalue weighted by Crippen LogP contribution is 2.62. The molecule has 2 fully saturated rings. The number of benzene rings is 1. The van der Waals surface area contributed by atoms with Crippen LogP contribution in [0.4, 0.5) is 0 Å². The van der Waals surface area contributed by atoms with Crippen LogP contribution in [-0.2, 0) is 16.6 Å². The molecule has 1 spiro atoms. The molecule has 0 N–H and O–H groups in total. The van der Waals surface area contributed by atoms with E-state index in [1.54, 1.807) is 0 Å². The number of carbonyl (C=O) groups excluding carboxylic acids is 1. The van der Waals surface area contributed by atoms with Crippen molar-refractivity contribution in [1.29, 1.82) is 0 Å². The van der Waals surface area contributed by atoms with E-state index in [0.29, 0.717) is 17.7 Å². The lowest BCUT2D eigenvalue weighted by Gasteiger charge is -2.57. The molecule has 4 aliphatic rings. The van der Waals surface area contributed by atoms with Crippen LogP contribution in [0.15, 0.2) is 12.1 Å². The van der Waals surface area contributed by atoms with Gasteiger partial charge in [-0.1, -0.05) is 6.04 Å². The lowest BCUT2D eigenvalue weighted by molar-refractivity contribution is -0.138. The highest BCUT2D eigenvalue weighted by atomic mass is 16.5. The SMILES string of the molecule is [2H]c1c([2H])c(OC)c2c3c1C[C@H]1N(C)CC[C@@]34C([2H])(O2)C(=O)C([2H])([2H])C[C@@]14[2H]. The molecule has 1 aromatic carbocycles. The lowest BCUT2D eigenvalue weighted by Crippen LogP contribution is -2.65. The second kappa shape index (κ2) is 4.05. The fraction of sp³-hybridized carbons (Fsp3) is 0.611. The molecule has 2 bridgehead atoms. The molecule has 2 heterocycles. The molecular formula is C18H21NO3. The summed E-state index contributed by atoms with van der Waals surface area (Å²) in [6, 6.07) is -0.692. The molecule has 22 heavy (non-hydrogen) atoms. The third kappa shape index (κ3) is 1.27. The molecule has 0 radical (unpaired) electrons. The third-order valence-corrected chi connectivity index (χ3v) is 5.65. The van der Waals surface area contributed by atoms with Gasteiger partial charge in [0.25, 0.3) is 0 Å². The summed E-state index contributed by atoms with van der Waals surface area (Å²) in [6.45, 7) is 0.530. The molecule has 1 saturated carbocycles. The topological polar surface area (TPSA) is 38.8 Å². The van der Waals surface area contributed by atoms with Crippen LogP contribution < -0.4 is 9.47 Å². The summed E-state index contributed by atoms with van der Waals surface area (Å²) < 4.78 is 63.1. The molecule has 4 nitrogen and oxygen atoms in total. The Kier molecular flexibility index (Phi) is 1.53. The molecular weight excluding hydrogens is 278 g/mol. The summed E-state index contributed by atoms with van der Waals surface area (Å²) in [7, 11) is 3.19. The lowest BCUT2D eigenvalue weighted by atomic mass is 9.52. The van der Waals surface area contributed by atoms with Gasteiger partial charge in [0.05, 0.1) is 11.2 Å². The number of piperidine rings is 1. The Labute approximate surface area is 138 Å². The average Bonchev–Trinajstić information content (AvgIpc) is 2.87. The van der Waals surface area contributed by atoms with Crippen LogP contribution in [0.25, 0.3) is 0 Å². The van der Waals surface area contributed by atoms with Crippen molar-refractivity contribution in [2.75, 3.05) is 20.7 Å². The van der Waals surface area contributed by atoms with Gasteiger partial charge in [-0.2, -0.15) is 0 Å². The summed E-state index contributed by atoms with van der Waals surface area (Å²) >= 11 is 0. The standard InChI is InChI=1S/C18H21NO3/c1-19-8-7-18-11-4-5-13(20)17(18)22-16-14(21-2)6-3-10(15(16)18)9-12(11)19/h3,6,11-12,17H,4-5,7-9H2,1-2H3/t11-,12+,17?,18-/m0/s1/i3D,5D2,6D,11D,17D. The Bertz CT molecular complexity index is 954. The van der Waals surface area contributed by atoms with Gasteiger partial charge in [0.15, 0.2) is 23.4 Å². The number of likely N-dealkylation sites (tertiary alicyclic amines) is 1. The summed E-state index contributed by atoms with van der Waals surface area (Å²) in [5.74, 6) is -2.42. The van der Waals surface area contributed by atoms with Gasteiger partial charge >= 0.3 is 0 Å². The molecule has 1 aromatic rings. The Hall–Kier alpha value is -1.55. The summed E-state index contributed by atoms with van der Waals surface area (Å²) in [5.41, 5.74) is -0.423. The third-order valence-electron chi connectivity index (χ3n) is 5.65. The summed E-state index contributed by atoms with van der Waals surface area (Å²) in [6.07, 6.45) is -4.46. The molecule has 4 heteroatoms. The highest BCUT2D eigenvalue weighted by Gasteiger charge is 2.65. The fourth-order valence-corrected chi connectivity index (χ4v) is 4.64. The van der Waals surface area contributed by atoms with Crippen LogP contribution in [0.3, 0.4) is 0 Å². The number of likely N-dealkylation sites (N-methyl/N-ethyl adjacent to an activating group) is 1. The number of hydrogen-bond donors (Lipinski definition) is 0. The van der Waals surface area contributed by atoms with Crippen molar-refractivity contribution in [1.82, 2.24) is 4.90 Å². The first-order chi connectivity index (χ1) is 13.0. The van der Waals surface area contributed by atoms with Crippen LogP contribution in [0, 0.1) is 5.89 Å². The maximum absolute atomic E-state index is 13.2. The molecule has 1 unspecified atom stereocenters. The summed E-state index contributed by atoms with van der Waals surface area (Å²) in [4.78, 5) is 15.1. The van der Waals surface area contributed by atoms with Gasteiger partial charge in [-0.05, 0) is 50.4 Å². The van der Waals surface area contributed by atoms with E-state index in [0.717, 1.165) is 0 Å². The van der Waals surface area contributed by atoms with E-state index in [1.807, 2.05) is 11.9 Å². The number of carbonyl (C=O) groups is 1. The largest absolute Gasteiger partial charge is 0.493 e. The van der Waals surface area contributed by atoms with Crippen molar-refractivity contribution in [3.8, 4) is 11.5 Å².